The number of amides is 1. The normalized spacial score (nSPS) is 16.2. The van der Waals surface area contributed by atoms with Crippen molar-refractivity contribution in [3.63, 3.8) is 0 Å². The van der Waals surface area contributed by atoms with E-state index < -0.39 is 5.91 Å². The molecule has 1 amide bonds. The first kappa shape index (κ1) is 20.2. The lowest BCUT2D eigenvalue weighted by Gasteiger charge is -2.22. The zero-order valence-corrected chi connectivity index (χ0v) is 17.0. The van der Waals surface area contributed by atoms with Crippen LogP contribution in [0.5, 0.6) is 5.88 Å². The van der Waals surface area contributed by atoms with Crippen LogP contribution in [0.25, 0.3) is 11.1 Å². The van der Waals surface area contributed by atoms with Gasteiger partial charge in [0.15, 0.2) is 5.69 Å². The first-order chi connectivity index (χ1) is 14.6. The number of nitrogens with zero attached hydrogens (tertiary/aromatic N) is 2. The van der Waals surface area contributed by atoms with Gasteiger partial charge >= 0.3 is 0 Å². The average molecular weight is 428 g/mol. The minimum absolute atomic E-state index is 0.0744. The van der Waals surface area contributed by atoms with E-state index in [9.17, 15) is 4.79 Å². The number of hydrogen-bond donors (Lipinski definition) is 3. The molecule has 0 bridgehead atoms. The zero-order chi connectivity index (χ0) is 20.9. The minimum atomic E-state index is -0.464. The molecular weight excluding hydrogens is 406 g/mol. The van der Waals surface area contributed by atoms with Crippen LogP contribution in [-0.4, -0.2) is 35.6 Å². The average Bonchev–Trinajstić information content (AvgIpc) is 3.21. The van der Waals surface area contributed by atoms with Gasteiger partial charge in [-0.05, 0) is 43.1 Å². The first-order valence-electron chi connectivity index (χ1n) is 9.70. The van der Waals surface area contributed by atoms with Crippen LogP contribution in [-0.2, 0) is 0 Å². The summed E-state index contributed by atoms with van der Waals surface area (Å²) in [6.45, 7) is 2.72. The summed E-state index contributed by atoms with van der Waals surface area (Å²) < 4.78 is 10.7. The standard InChI is InChI=1S/C21H22ClN5O3/c22-16-5-3-14(8-17(16)26-20(28)18-12-30-21(23)27-18)15-4-6-19(25-10-15)29-11-13-2-1-7-24-9-13/h3-6,8,10,12-13,24H,1-2,7,9,11H2,(H2,23,27)(H,26,28). The van der Waals surface area contributed by atoms with Gasteiger partial charge in [0.05, 0.1) is 17.3 Å². The number of ether oxygens (including phenoxy) is 1. The van der Waals surface area contributed by atoms with E-state index in [1.54, 1.807) is 18.3 Å². The Balaban J connectivity index is 1.43. The molecule has 3 heterocycles. The number of piperidine rings is 1. The topological polar surface area (TPSA) is 115 Å². The maximum Gasteiger partial charge on any atom is 0.292 e. The summed E-state index contributed by atoms with van der Waals surface area (Å²) in [5, 5.41) is 6.50. The lowest BCUT2D eigenvalue weighted by Crippen LogP contribution is -2.33. The Kier molecular flexibility index (Phi) is 6.15. The molecule has 4 N–H and O–H groups in total. The molecule has 1 atom stereocenters. The third-order valence-electron chi connectivity index (χ3n) is 4.90. The maximum atomic E-state index is 12.3. The molecule has 156 valence electrons. The summed E-state index contributed by atoms with van der Waals surface area (Å²) in [5.41, 5.74) is 7.66. The number of carbonyl (C=O) groups excluding carboxylic acids is 1. The molecule has 1 aliphatic heterocycles. The fourth-order valence-electron chi connectivity index (χ4n) is 3.28. The third-order valence-corrected chi connectivity index (χ3v) is 5.23. The number of nitrogens with two attached hydrogens (primary N) is 1. The van der Waals surface area contributed by atoms with Crippen molar-refractivity contribution in [3.8, 4) is 17.0 Å². The molecule has 0 aliphatic carbocycles. The molecule has 30 heavy (non-hydrogen) atoms. The number of oxazole rings is 1. The van der Waals surface area contributed by atoms with Crippen LogP contribution >= 0.6 is 11.6 Å². The van der Waals surface area contributed by atoms with Crippen LogP contribution < -0.4 is 21.1 Å². The van der Waals surface area contributed by atoms with Crippen LogP contribution in [0.1, 0.15) is 23.3 Å². The number of pyridine rings is 1. The summed E-state index contributed by atoms with van der Waals surface area (Å²) in [6.07, 6.45) is 5.28. The number of rotatable bonds is 6. The Morgan fingerprint density at radius 3 is 2.90 bits per heavy atom. The zero-order valence-electron chi connectivity index (χ0n) is 16.2. The highest BCUT2D eigenvalue weighted by molar-refractivity contribution is 6.34. The smallest absolute Gasteiger partial charge is 0.292 e. The summed E-state index contributed by atoms with van der Waals surface area (Å²) in [5.74, 6) is 0.645. The molecular formula is C21H22ClN5O3. The Morgan fingerprint density at radius 1 is 1.33 bits per heavy atom. The molecule has 0 saturated carbocycles. The summed E-state index contributed by atoms with van der Waals surface area (Å²) >= 11 is 6.24. The number of hydrogen-bond acceptors (Lipinski definition) is 7. The van der Waals surface area contributed by atoms with E-state index in [0.29, 0.717) is 29.1 Å². The molecule has 0 spiro atoms. The fraction of sp³-hybridized carbons (Fsp3) is 0.286. The van der Waals surface area contributed by atoms with E-state index >= 15 is 0 Å². The SMILES string of the molecule is Nc1nc(C(=O)Nc2cc(-c3ccc(OCC4CCCNC4)nc3)ccc2Cl)co1. The second kappa shape index (κ2) is 9.15. The lowest BCUT2D eigenvalue weighted by atomic mass is 10.0. The van der Waals surface area contributed by atoms with Crippen molar-refractivity contribution in [1.82, 2.24) is 15.3 Å². The predicted molar refractivity (Wildman–Crippen MR) is 115 cm³/mol. The number of halogens is 1. The molecule has 3 aromatic rings. The van der Waals surface area contributed by atoms with E-state index in [2.05, 4.69) is 20.6 Å². The second-order valence-corrected chi connectivity index (χ2v) is 7.54. The van der Waals surface area contributed by atoms with Crippen LogP contribution in [0.4, 0.5) is 11.7 Å². The van der Waals surface area contributed by atoms with Gasteiger partial charge in [0, 0.05) is 30.3 Å². The Bertz CT molecular complexity index is 1020. The quantitative estimate of drug-likeness (QED) is 0.550. The molecule has 0 radical (unpaired) electrons. The number of benzene rings is 1. The van der Waals surface area contributed by atoms with E-state index in [4.69, 9.17) is 26.5 Å². The van der Waals surface area contributed by atoms with E-state index in [1.807, 2.05) is 18.2 Å². The van der Waals surface area contributed by atoms with Gasteiger partial charge in [-0.2, -0.15) is 4.98 Å². The number of aromatic nitrogens is 2. The Morgan fingerprint density at radius 2 is 2.20 bits per heavy atom. The number of nitrogens with one attached hydrogen (secondary N) is 2. The second-order valence-electron chi connectivity index (χ2n) is 7.13. The van der Waals surface area contributed by atoms with Crippen molar-refractivity contribution < 1.29 is 13.9 Å². The molecule has 1 unspecified atom stereocenters. The third kappa shape index (κ3) is 4.90. The fourth-order valence-corrected chi connectivity index (χ4v) is 3.45. The Hall–Kier alpha value is -3.10. The van der Waals surface area contributed by atoms with Crippen molar-refractivity contribution >= 4 is 29.2 Å². The predicted octanol–water partition coefficient (Wildman–Crippen LogP) is 3.60. The van der Waals surface area contributed by atoms with Gasteiger partial charge < -0.3 is 25.5 Å². The molecule has 1 fully saturated rings. The molecule has 4 rings (SSSR count). The number of anilines is 2. The van der Waals surface area contributed by atoms with Gasteiger partial charge in [-0.15, -0.1) is 0 Å². The lowest BCUT2D eigenvalue weighted by molar-refractivity contribution is 0.102. The van der Waals surface area contributed by atoms with Gasteiger partial charge in [-0.3, -0.25) is 4.79 Å². The highest BCUT2D eigenvalue weighted by Gasteiger charge is 2.15. The van der Waals surface area contributed by atoms with Crippen LogP contribution in [0.3, 0.4) is 0 Å². The molecule has 1 aliphatic rings. The van der Waals surface area contributed by atoms with Crippen molar-refractivity contribution in [2.45, 2.75) is 12.8 Å². The molecule has 2 aromatic heterocycles. The molecule has 1 aromatic carbocycles. The minimum Gasteiger partial charge on any atom is -0.477 e. The van der Waals surface area contributed by atoms with E-state index in [0.717, 1.165) is 24.2 Å². The van der Waals surface area contributed by atoms with E-state index in [-0.39, 0.29) is 11.7 Å². The van der Waals surface area contributed by atoms with E-state index in [1.165, 1.54) is 19.1 Å². The molecule has 9 heteroatoms. The van der Waals surface area contributed by atoms with Crippen molar-refractivity contribution in [1.29, 1.82) is 0 Å². The highest BCUT2D eigenvalue weighted by Crippen LogP contribution is 2.29. The summed E-state index contributed by atoms with van der Waals surface area (Å²) in [7, 11) is 0. The van der Waals surface area contributed by atoms with Gasteiger partial charge in [-0.1, -0.05) is 17.7 Å². The largest absolute Gasteiger partial charge is 0.477 e. The van der Waals surface area contributed by atoms with Gasteiger partial charge in [0.2, 0.25) is 5.88 Å². The highest BCUT2D eigenvalue weighted by atomic mass is 35.5. The maximum absolute atomic E-state index is 12.3. The van der Waals surface area contributed by atoms with Crippen molar-refractivity contribution in [2.75, 3.05) is 30.7 Å². The van der Waals surface area contributed by atoms with Crippen LogP contribution in [0, 0.1) is 5.92 Å². The summed E-state index contributed by atoms with van der Waals surface area (Å²) in [4.78, 5) is 20.5. The van der Waals surface area contributed by atoms with Gasteiger partial charge in [0.1, 0.15) is 6.26 Å². The summed E-state index contributed by atoms with van der Waals surface area (Å²) in [6, 6.07) is 9.04. The number of nitrogen functional groups attached to an aromatic ring is 1. The van der Waals surface area contributed by atoms with Crippen LogP contribution in [0.15, 0.2) is 47.2 Å². The van der Waals surface area contributed by atoms with Crippen molar-refractivity contribution in [3.05, 3.63) is 53.5 Å². The number of carbonyl (C=O) groups is 1. The Labute approximate surface area is 178 Å². The molecule has 8 nitrogen and oxygen atoms in total. The van der Waals surface area contributed by atoms with Crippen molar-refractivity contribution in [2.24, 2.45) is 5.92 Å². The molecule has 1 saturated heterocycles. The van der Waals surface area contributed by atoms with Crippen LogP contribution in [0.2, 0.25) is 5.02 Å². The van der Waals surface area contributed by atoms with Gasteiger partial charge in [0.25, 0.3) is 11.9 Å². The monoisotopic (exact) mass is 427 g/mol. The van der Waals surface area contributed by atoms with Gasteiger partial charge in [-0.25, -0.2) is 4.98 Å². The first-order valence-corrected chi connectivity index (χ1v) is 10.1.